The number of nitrogens with one attached hydrogen (secondary N) is 1. The molecule has 5 nitrogen and oxygen atoms in total. The van der Waals surface area contributed by atoms with Crippen molar-refractivity contribution in [2.24, 2.45) is 0 Å². The summed E-state index contributed by atoms with van der Waals surface area (Å²) in [7, 11) is 0. The number of aliphatic hydroxyl groups excluding tert-OH is 1. The van der Waals surface area contributed by atoms with Gasteiger partial charge in [0.25, 0.3) is 0 Å². The fraction of sp³-hybridized carbons (Fsp3) is 0.941. The minimum Gasteiger partial charge on any atom is -0.396 e. The maximum Gasteiger partial charge on any atom is 0.234 e. The average Bonchev–Trinajstić information content (AvgIpc) is 2.92. The van der Waals surface area contributed by atoms with E-state index in [0.717, 1.165) is 45.3 Å². The van der Waals surface area contributed by atoms with Gasteiger partial charge in [0.2, 0.25) is 5.91 Å². The molecule has 1 amide bonds. The minimum atomic E-state index is 0.180. The standard InChI is InChI=1S/C17H33N3O2/c1-14(2)19-10-7-15(8-11-19)18-17(22)13-20-9-3-5-16(20)6-4-12-21/h14-16,21H,3-13H2,1-2H3,(H,18,22). The van der Waals surface area contributed by atoms with E-state index in [1.54, 1.807) is 0 Å². The molecule has 2 rings (SSSR count). The minimum absolute atomic E-state index is 0.180. The highest BCUT2D eigenvalue weighted by Gasteiger charge is 2.27. The Balaban J connectivity index is 1.69. The molecule has 0 aromatic heterocycles. The second kappa shape index (κ2) is 8.85. The van der Waals surface area contributed by atoms with Gasteiger partial charge >= 0.3 is 0 Å². The number of likely N-dealkylation sites (tertiary alicyclic amines) is 2. The highest BCUT2D eigenvalue weighted by atomic mass is 16.3. The molecular weight excluding hydrogens is 278 g/mol. The highest BCUT2D eigenvalue weighted by molar-refractivity contribution is 5.78. The molecule has 2 aliphatic heterocycles. The predicted octanol–water partition coefficient (Wildman–Crippen LogP) is 1.21. The van der Waals surface area contributed by atoms with Crippen molar-refractivity contribution >= 4 is 5.91 Å². The van der Waals surface area contributed by atoms with Gasteiger partial charge in [-0.05, 0) is 58.9 Å². The summed E-state index contributed by atoms with van der Waals surface area (Å²) >= 11 is 0. The van der Waals surface area contributed by atoms with Crippen molar-refractivity contribution in [1.29, 1.82) is 0 Å². The number of piperidine rings is 1. The fourth-order valence-corrected chi connectivity index (χ4v) is 3.78. The Kier molecular flexibility index (Phi) is 7.12. The smallest absolute Gasteiger partial charge is 0.234 e. The first-order valence-electron chi connectivity index (χ1n) is 8.98. The van der Waals surface area contributed by atoms with E-state index in [4.69, 9.17) is 5.11 Å². The van der Waals surface area contributed by atoms with Gasteiger partial charge in [0.15, 0.2) is 0 Å². The fourth-order valence-electron chi connectivity index (χ4n) is 3.78. The molecule has 128 valence electrons. The summed E-state index contributed by atoms with van der Waals surface area (Å²) in [6.07, 6.45) is 6.33. The molecule has 2 fully saturated rings. The molecule has 0 aromatic rings. The molecule has 0 radical (unpaired) electrons. The largest absolute Gasteiger partial charge is 0.396 e. The van der Waals surface area contributed by atoms with Crippen LogP contribution in [0.25, 0.3) is 0 Å². The lowest BCUT2D eigenvalue weighted by atomic mass is 10.0. The van der Waals surface area contributed by atoms with E-state index in [-0.39, 0.29) is 12.5 Å². The Hall–Kier alpha value is -0.650. The Bertz CT molecular complexity index is 341. The zero-order chi connectivity index (χ0) is 15.9. The van der Waals surface area contributed by atoms with Crippen LogP contribution in [0.2, 0.25) is 0 Å². The molecule has 1 atom stereocenters. The summed E-state index contributed by atoms with van der Waals surface area (Å²) in [4.78, 5) is 17.1. The van der Waals surface area contributed by atoms with Crippen molar-refractivity contribution in [2.75, 3.05) is 32.8 Å². The zero-order valence-corrected chi connectivity index (χ0v) is 14.3. The highest BCUT2D eigenvalue weighted by Crippen LogP contribution is 2.21. The summed E-state index contributed by atoms with van der Waals surface area (Å²) in [6.45, 7) is 8.45. The van der Waals surface area contributed by atoms with Gasteiger partial charge in [-0.25, -0.2) is 0 Å². The Morgan fingerprint density at radius 1 is 1.23 bits per heavy atom. The lowest BCUT2D eigenvalue weighted by molar-refractivity contribution is -0.123. The van der Waals surface area contributed by atoms with Gasteiger partial charge in [0, 0.05) is 37.8 Å². The van der Waals surface area contributed by atoms with Crippen molar-refractivity contribution in [3.8, 4) is 0 Å². The van der Waals surface area contributed by atoms with E-state index in [9.17, 15) is 4.79 Å². The van der Waals surface area contributed by atoms with Crippen molar-refractivity contribution in [1.82, 2.24) is 15.1 Å². The van der Waals surface area contributed by atoms with Crippen molar-refractivity contribution in [3.05, 3.63) is 0 Å². The number of hydrogen-bond acceptors (Lipinski definition) is 4. The Morgan fingerprint density at radius 2 is 1.95 bits per heavy atom. The van der Waals surface area contributed by atoms with Crippen LogP contribution in [0.3, 0.4) is 0 Å². The van der Waals surface area contributed by atoms with E-state index < -0.39 is 0 Å². The van der Waals surface area contributed by atoms with Gasteiger partial charge in [-0.15, -0.1) is 0 Å². The van der Waals surface area contributed by atoms with Gasteiger partial charge in [-0.1, -0.05) is 0 Å². The van der Waals surface area contributed by atoms with E-state index in [2.05, 4.69) is 29.0 Å². The molecule has 0 aliphatic carbocycles. The van der Waals surface area contributed by atoms with Gasteiger partial charge in [0.1, 0.15) is 0 Å². The molecule has 0 bridgehead atoms. The number of nitrogens with zero attached hydrogens (tertiary/aromatic N) is 2. The van der Waals surface area contributed by atoms with Crippen LogP contribution >= 0.6 is 0 Å². The lowest BCUT2D eigenvalue weighted by Gasteiger charge is -2.35. The number of rotatable bonds is 7. The molecule has 2 aliphatic rings. The van der Waals surface area contributed by atoms with Crippen LogP contribution in [-0.2, 0) is 4.79 Å². The third-order valence-electron chi connectivity index (χ3n) is 5.17. The topological polar surface area (TPSA) is 55.8 Å². The predicted molar refractivity (Wildman–Crippen MR) is 88.8 cm³/mol. The van der Waals surface area contributed by atoms with Crippen LogP contribution in [-0.4, -0.2) is 71.7 Å². The molecule has 0 aromatic carbocycles. The van der Waals surface area contributed by atoms with E-state index in [1.165, 1.54) is 12.8 Å². The Labute approximate surface area is 135 Å². The SMILES string of the molecule is CC(C)N1CCC(NC(=O)CN2CCCC2CCCO)CC1. The van der Waals surface area contributed by atoms with Gasteiger partial charge in [-0.3, -0.25) is 9.69 Å². The molecule has 0 saturated carbocycles. The summed E-state index contributed by atoms with van der Waals surface area (Å²) < 4.78 is 0. The van der Waals surface area contributed by atoms with Crippen LogP contribution < -0.4 is 5.32 Å². The lowest BCUT2D eigenvalue weighted by Crippen LogP contribution is -2.49. The monoisotopic (exact) mass is 311 g/mol. The first-order chi connectivity index (χ1) is 10.6. The molecule has 2 N–H and O–H groups in total. The third kappa shape index (κ3) is 5.21. The van der Waals surface area contributed by atoms with Gasteiger partial charge < -0.3 is 15.3 Å². The van der Waals surface area contributed by atoms with Crippen molar-refractivity contribution < 1.29 is 9.90 Å². The van der Waals surface area contributed by atoms with E-state index in [1.807, 2.05) is 0 Å². The molecule has 5 heteroatoms. The van der Waals surface area contributed by atoms with E-state index in [0.29, 0.717) is 24.7 Å². The first-order valence-corrected chi connectivity index (χ1v) is 8.98. The summed E-state index contributed by atoms with van der Waals surface area (Å²) in [5.41, 5.74) is 0. The molecule has 22 heavy (non-hydrogen) atoms. The summed E-state index contributed by atoms with van der Waals surface area (Å²) in [5, 5.41) is 12.2. The summed E-state index contributed by atoms with van der Waals surface area (Å²) in [5.74, 6) is 0.180. The second-order valence-corrected chi connectivity index (χ2v) is 7.10. The third-order valence-corrected chi connectivity index (χ3v) is 5.17. The van der Waals surface area contributed by atoms with Crippen LogP contribution in [0.15, 0.2) is 0 Å². The normalized spacial score (nSPS) is 25.0. The average molecular weight is 311 g/mol. The number of aliphatic hydroxyl groups is 1. The number of carbonyl (C=O) groups is 1. The molecule has 1 unspecified atom stereocenters. The summed E-state index contributed by atoms with van der Waals surface area (Å²) in [6, 6.07) is 1.44. The van der Waals surface area contributed by atoms with Crippen LogP contribution in [0.4, 0.5) is 0 Å². The quantitative estimate of drug-likeness (QED) is 0.742. The van der Waals surface area contributed by atoms with Crippen LogP contribution in [0.5, 0.6) is 0 Å². The van der Waals surface area contributed by atoms with Crippen LogP contribution in [0.1, 0.15) is 52.4 Å². The van der Waals surface area contributed by atoms with Crippen molar-refractivity contribution in [3.63, 3.8) is 0 Å². The number of amides is 1. The second-order valence-electron chi connectivity index (χ2n) is 7.10. The zero-order valence-electron chi connectivity index (χ0n) is 14.3. The van der Waals surface area contributed by atoms with Crippen molar-refractivity contribution in [2.45, 2.75) is 70.5 Å². The number of carbonyl (C=O) groups excluding carboxylic acids is 1. The Morgan fingerprint density at radius 3 is 2.59 bits per heavy atom. The van der Waals surface area contributed by atoms with E-state index >= 15 is 0 Å². The molecule has 0 spiro atoms. The number of hydrogen-bond donors (Lipinski definition) is 2. The molecular formula is C17H33N3O2. The van der Waals surface area contributed by atoms with Crippen LogP contribution in [0, 0.1) is 0 Å². The maximum atomic E-state index is 12.3. The first kappa shape index (κ1) is 17.7. The van der Waals surface area contributed by atoms with Gasteiger partial charge in [-0.2, -0.15) is 0 Å². The molecule has 2 saturated heterocycles. The molecule has 2 heterocycles. The maximum absolute atomic E-state index is 12.3. The van der Waals surface area contributed by atoms with Gasteiger partial charge in [0.05, 0.1) is 6.54 Å².